The van der Waals surface area contributed by atoms with Gasteiger partial charge in [0.1, 0.15) is 0 Å². The maximum atomic E-state index is 3.85. The van der Waals surface area contributed by atoms with E-state index in [4.69, 9.17) is 0 Å². The largest absolute Gasteiger partial charge is 0.311 e. The predicted molar refractivity (Wildman–Crippen MR) is 83.5 cm³/mol. The molecule has 1 saturated heterocycles. The molecule has 2 aliphatic rings. The number of piperazine rings is 1. The molecule has 112 valence electrons. The topological polar surface area (TPSA) is 15.3 Å². The maximum Gasteiger partial charge on any atom is 0.0337 e. The van der Waals surface area contributed by atoms with Crippen LogP contribution >= 0.6 is 0 Å². The lowest BCUT2D eigenvalue weighted by Gasteiger charge is -2.52. The van der Waals surface area contributed by atoms with Crippen molar-refractivity contribution in [3.8, 4) is 0 Å². The Bertz CT molecular complexity index is 285. The third-order valence-corrected chi connectivity index (χ3v) is 5.27. The van der Waals surface area contributed by atoms with Crippen LogP contribution in [0, 0.1) is 11.8 Å². The van der Waals surface area contributed by atoms with Gasteiger partial charge in [0, 0.05) is 30.7 Å². The molecule has 2 nitrogen and oxygen atoms in total. The summed E-state index contributed by atoms with van der Waals surface area (Å²) in [6, 6.07) is 1.44. The monoisotopic (exact) mass is 266 g/mol. The first-order valence-electron chi connectivity index (χ1n) is 8.47. The van der Waals surface area contributed by atoms with E-state index in [1.54, 1.807) is 0 Å². The molecule has 0 amide bonds. The van der Waals surface area contributed by atoms with Gasteiger partial charge < -0.3 is 5.32 Å². The Morgan fingerprint density at radius 1 is 1.26 bits per heavy atom. The molecule has 2 rings (SSSR count). The van der Waals surface area contributed by atoms with Crippen LogP contribution in [0.15, 0.2) is 0 Å². The van der Waals surface area contributed by atoms with Crippen LogP contribution in [0.2, 0.25) is 0 Å². The van der Waals surface area contributed by atoms with Crippen molar-refractivity contribution in [1.29, 1.82) is 0 Å². The van der Waals surface area contributed by atoms with Gasteiger partial charge in [-0.05, 0) is 51.4 Å². The van der Waals surface area contributed by atoms with Crippen molar-refractivity contribution in [3.05, 3.63) is 0 Å². The molecule has 1 heterocycles. The Labute approximate surface area is 120 Å². The van der Waals surface area contributed by atoms with E-state index in [2.05, 4.69) is 44.8 Å². The summed E-state index contributed by atoms with van der Waals surface area (Å²) in [5.41, 5.74) is 0.419. The van der Waals surface area contributed by atoms with E-state index in [1.807, 2.05) is 0 Å². The van der Waals surface area contributed by atoms with Gasteiger partial charge in [0.15, 0.2) is 0 Å². The summed E-state index contributed by atoms with van der Waals surface area (Å²) >= 11 is 0. The molecular weight excluding hydrogens is 232 g/mol. The Balaban J connectivity index is 2.05. The third-order valence-electron chi connectivity index (χ3n) is 5.27. The average Bonchev–Trinajstić information content (AvgIpc) is 3.15. The minimum absolute atomic E-state index is 0.419. The number of hydrogen-bond acceptors (Lipinski definition) is 2. The number of nitrogens with one attached hydrogen (secondary N) is 1. The normalized spacial score (nSPS) is 34.7. The van der Waals surface area contributed by atoms with Gasteiger partial charge in [0.25, 0.3) is 0 Å². The zero-order valence-electron chi connectivity index (χ0n) is 13.7. The van der Waals surface area contributed by atoms with E-state index in [1.165, 1.54) is 45.2 Å². The quantitative estimate of drug-likeness (QED) is 0.789. The summed E-state index contributed by atoms with van der Waals surface area (Å²) in [7, 11) is 0. The summed E-state index contributed by atoms with van der Waals surface area (Å²) in [6.07, 6.45) is 6.86. The molecule has 3 unspecified atom stereocenters. The predicted octanol–water partition coefficient (Wildman–Crippen LogP) is 3.66. The first kappa shape index (κ1) is 15.3. The highest BCUT2D eigenvalue weighted by Gasteiger charge is 2.49. The molecule has 1 saturated carbocycles. The molecule has 0 aromatic rings. The fraction of sp³-hybridized carbons (Fsp3) is 1.00. The second kappa shape index (κ2) is 6.13. The van der Waals surface area contributed by atoms with E-state index in [0.717, 1.165) is 17.9 Å². The van der Waals surface area contributed by atoms with Crippen molar-refractivity contribution in [3.63, 3.8) is 0 Å². The van der Waals surface area contributed by atoms with Gasteiger partial charge in [-0.2, -0.15) is 0 Å². The maximum absolute atomic E-state index is 3.85. The Morgan fingerprint density at radius 2 is 1.95 bits per heavy atom. The minimum atomic E-state index is 0.419. The van der Waals surface area contributed by atoms with Gasteiger partial charge in [-0.25, -0.2) is 0 Å². The number of hydrogen-bond donors (Lipinski definition) is 1. The standard InChI is InChI=1S/C17H34N2/c1-6-7-14(4)19-11-16(10-13(2)3)18-12-17(19,5)15-8-9-15/h13-16,18H,6-12H2,1-5H3. The van der Waals surface area contributed by atoms with Crippen LogP contribution in [-0.4, -0.2) is 35.6 Å². The lowest BCUT2D eigenvalue weighted by Crippen LogP contribution is -2.66. The molecule has 19 heavy (non-hydrogen) atoms. The first-order chi connectivity index (χ1) is 8.97. The minimum Gasteiger partial charge on any atom is -0.311 e. The molecule has 0 spiro atoms. The highest BCUT2D eigenvalue weighted by molar-refractivity contribution is 5.06. The molecule has 1 N–H and O–H groups in total. The molecule has 0 aromatic heterocycles. The van der Waals surface area contributed by atoms with E-state index in [9.17, 15) is 0 Å². The zero-order valence-corrected chi connectivity index (χ0v) is 13.7. The molecule has 0 aromatic carbocycles. The summed E-state index contributed by atoms with van der Waals surface area (Å²) in [5, 5.41) is 3.85. The summed E-state index contributed by atoms with van der Waals surface area (Å²) in [4.78, 5) is 2.86. The summed E-state index contributed by atoms with van der Waals surface area (Å²) < 4.78 is 0. The van der Waals surface area contributed by atoms with Crippen LogP contribution in [0.25, 0.3) is 0 Å². The van der Waals surface area contributed by atoms with Crippen LogP contribution in [0.5, 0.6) is 0 Å². The average molecular weight is 266 g/mol. The van der Waals surface area contributed by atoms with Crippen LogP contribution in [0.4, 0.5) is 0 Å². The molecule has 1 aliphatic carbocycles. The molecular formula is C17H34N2. The summed E-state index contributed by atoms with van der Waals surface area (Å²) in [5.74, 6) is 1.74. The van der Waals surface area contributed by atoms with Gasteiger partial charge in [-0.15, -0.1) is 0 Å². The Kier molecular flexibility index (Phi) is 4.94. The van der Waals surface area contributed by atoms with E-state index >= 15 is 0 Å². The second-order valence-corrected chi connectivity index (χ2v) is 7.63. The highest BCUT2D eigenvalue weighted by atomic mass is 15.3. The lowest BCUT2D eigenvalue weighted by atomic mass is 9.86. The van der Waals surface area contributed by atoms with Crippen LogP contribution in [0.3, 0.4) is 0 Å². The summed E-state index contributed by atoms with van der Waals surface area (Å²) in [6.45, 7) is 14.4. The van der Waals surface area contributed by atoms with Gasteiger partial charge in [0.2, 0.25) is 0 Å². The Hall–Kier alpha value is -0.0800. The van der Waals surface area contributed by atoms with Crippen LogP contribution in [0.1, 0.15) is 66.7 Å². The van der Waals surface area contributed by atoms with Crippen molar-refractivity contribution in [2.45, 2.75) is 84.3 Å². The van der Waals surface area contributed by atoms with Gasteiger partial charge in [-0.1, -0.05) is 27.2 Å². The van der Waals surface area contributed by atoms with Crippen molar-refractivity contribution in [2.75, 3.05) is 13.1 Å². The third kappa shape index (κ3) is 3.52. The van der Waals surface area contributed by atoms with Crippen LogP contribution in [-0.2, 0) is 0 Å². The van der Waals surface area contributed by atoms with Gasteiger partial charge in [0.05, 0.1) is 0 Å². The smallest absolute Gasteiger partial charge is 0.0337 e. The van der Waals surface area contributed by atoms with Gasteiger partial charge in [-0.3, -0.25) is 4.90 Å². The van der Waals surface area contributed by atoms with Crippen molar-refractivity contribution in [1.82, 2.24) is 10.2 Å². The molecule has 0 bridgehead atoms. The lowest BCUT2D eigenvalue weighted by molar-refractivity contribution is -0.00240. The zero-order chi connectivity index (χ0) is 14.0. The molecule has 1 aliphatic heterocycles. The SMILES string of the molecule is CCCC(C)N1CC(CC(C)C)NCC1(C)C1CC1. The van der Waals surface area contributed by atoms with E-state index in [-0.39, 0.29) is 0 Å². The molecule has 0 radical (unpaired) electrons. The highest BCUT2D eigenvalue weighted by Crippen LogP contribution is 2.45. The van der Waals surface area contributed by atoms with Crippen molar-refractivity contribution in [2.24, 2.45) is 11.8 Å². The van der Waals surface area contributed by atoms with Crippen molar-refractivity contribution < 1.29 is 0 Å². The van der Waals surface area contributed by atoms with Crippen LogP contribution < -0.4 is 5.32 Å². The number of nitrogens with zero attached hydrogens (tertiary/aromatic N) is 1. The van der Waals surface area contributed by atoms with E-state index < -0.39 is 0 Å². The fourth-order valence-electron chi connectivity index (χ4n) is 4.03. The van der Waals surface area contributed by atoms with Crippen molar-refractivity contribution >= 4 is 0 Å². The Morgan fingerprint density at radius 3 is 2.47 bits per heavy atom. The number of rotatable bonds is 6. The van der Waals surface area contributed by atoms with Gasteiger partial charge >= 0.3 is 0 Å². The molecule has 2 heteroatoms. The second-order valence-electron chi connectivity index (χ2n) is 7.63. The molecule has 2 fully saturated rings. The first-order valence-corrected chi connectivity index (χ1v) is 8.47. The van der Waals surface area contributed by atoms with E-state index in [0.29, 0.717) is 11.6 Å². The fourth-order valence-corrected chi connectivity index (χ4v) is 4.03. The molecule has 3 atom stereocenters.